The Morgan fingerprint density at radius 1 is 0.625 bits per heavy atom. The first-order chi connectivity index (χ1) is 11.4. The number of aromatic hydroxyl groups is 4. The van der Waals surface area contributed by atoms with Crippen LogP contribution in [-0.2, 0) is 12.8 Å². The highest BCUT2D eigenvalue weighted by atomic mass is 16.3. The standard InChI is InChI=1S/C20H26O4/c1-3-15(9-13-5-7-17(21)19(23)11-13)16(4-2)10-14-6-8-18(22)20(24)12-14/h5-8,11-12,15-16,21-24H,3-4,9-10H2,1-2H3. The number of phenols is 4. The zero-order valence-electron chi connectivity index (χ0n) is 14.2. The topological polar surface area (TPSA) is 80.9 Å². The molecule has 0 aliphatic heterocycles. The van der Waals surface area contributed by atoms with Gasteiger partial charge in [0.2, 0.25) is 0 Å². The van der Waals surface area contributed by atoms with Crippen molar-refractivity contribution in [3.8, 4) is 23.0 Å². The van der Waals surface area contributed by atoms with Crippen molar-refractivity contribution in [2.75, 3.05) is 0 Å². The SMILES string of the molecule is CCC(Cc1ccc(O)c(O)c1)C(CC)Cc1ccc(O)c(O)c1. The molecule has 130 valence electrons. The summed E-state index contributed by atoms with van der Waals surface area (Å²) in [6, 6.07) is 9.98. The Bertz CT molecular complexity index is 622. The van der Waals surface area contributed by atoms with Crippen LogP contribution < -0.4 is 0 Å². The second-order valence-electron chi connectivity index (χ2n) is 6.39. The largest absolute Gasteiger partial charge is 0.504 e. The summed E-state index contributed by atoms with van der Waals surface area (Å²) in [5, 5.41) is 38.2. The first-order valence-corrected chi connectivity index (χ1v) is 8.46. The predicted molar refractivity (Wildman–Crippen MR) is 94.5 cm³/mol. The van der Waals surface area contributed by atoms with Gasteiger partial charge in [0, 0.05) is 0 Å². The second kappa shape index (κ2) is 7.95. The summed E-state index contributed by atoms with van der Waals surface area (Å²) in [6.45, 7) is 4.31. The molecular formula is C20H26O4. The van der Waals surface area contributed by atoms with Gasteiger partial charge in [0.05, 0.1) is 0 Å². The molecule has 0 amide bonds. The molecule has 0 bridgehead atoms. The van der Waals surface area contributed by atoms with Gasteiger partial charge in [-0.05, 0) is 60.1 Å². The normalized spacial score (nSPS) is 13.6. The van der Waals surface area contributed by atoms with Crippen LogP contribution in [0.25, 0.3) is 0 Å². The van der Waals surface area contributed by atoms with E-state index in [-0.39, 0.29) is 23.0 Å². The van der Waals surface area contributed by atoms with Gasteiger partial charge in [0.1, 0.15) is 0 Å². The van der Waals surface area contributed by atoms with Crippen LogP contribution in [0.3, 0.4) is 0 Å². The highest BCUT2D eigenvalue weighted by Gasteiger charge is 2.20. The highest BCUT2D eigenvalue weighted by molar-refractivity contribution is 5.41. The van der Waals surface area contributed by atoms with Gasteiger partial charge in [0.25, 0.3) is 0 Å². The third kappa shape index (κ3) is 4.34. The smallest absolute Gasteiger partial charge is 0.157 e. The van der Waals surface area contributed by atoms with Crippen LogP contribution in [0.15, 0.2) is 36.4 Å². The molecular weight excluding hydrogens is 304 g/mol. The average molecular weight is 330 g/mol. The van der Waals surface area contributed by atoms with Crippen LogP contribution >= 0.6 is 0 Å². The number of phenolic OH excluding ortho intramolecular Hbond substituents is 4. The maximum atomic E-state index is 9.67. The molecule has 0 radical (unpaired) electrons. The van der Waals surface area contributed by atoms with E-state index in [2.05, 4.69) is 13.8 Å². The molecule has 2 unspecified atom stereocenters. The third-order valence-electron chi connectivity index (χ3n) is 4.79. The lowest BCUT2D eigenvalue weighted by Crippen LogP contribution is -2.18. The summed E-state index contributed by atoms with van der Waals surface area (Å²) < 4.78 is 0. The van der Waals surface area contributed by atoms with Crippen molar-refractivity contribution in [2.45, 2.75) is 39.5 Å². The summed E-state index contributed by atoms with van der Waals surface area (Å²) in [7, 11) is 0. The molecule has 0 aromatic heterocycles. The highest BCUT2D eigenvalue weighted by Crippen LogP contribution is 2.32. The fraction of sp³-hybridized carbons (Fsp3) is 0.400. The summed E-state index contributed by atoms with van der Waals surface area (Å²) >= 11 is 0. The molecule has 0 aliphatic carbocycles. The molecule has 0 heterocycles. The van der Waals surface area contributed by atoms with E-state index in [0.29, 0.717) is 11.8 Å². The molecule has 0 fully saturated rings. The monoisotopic (exact) mass is 330 g/mol. The number of rotatable bonds is 7. The van der Waals surface area contributed by atoms with Gasteiger partial charge >= 0.3 is 0 Å². The minimum atomic E-state index is -0.0987. The summed E-state index contributed by atoms with van der Waals surface area (Å²) in [4.78, 5) is 0. The lowest BCUT2D eigenvalue weighted by Gasteiger charge is -2.26. The molecule has 4 heteroatoms. The lowest BCUT2D eigenvalue weighted by atomic mass is 9.79. The number of benzene rings is 2. The molecule has 24 heavy (non-hydrogen) atoms. The summed E-state index contributed by atoms with van der Waals surface area (Å²) in [5.41, 5.74) is 2.01. The van der Waals surface area contributed by atoms with Gasteiger partial charge in [-0.1, -0.05) is 38.8 Å². The Kier molecular flexibility index (Phi) is 5.96. The van der Waals surface area contributed by atoms with Gasteiger partial charge in [-0.25, -0.2) is 0 Å². The molecule has 2 aromatic rings. The van der Waals surface area contributed by atoms with Crippen molar-refractivity contribution < 1.29 is 20.4 Å². The molecule has 2 atom stereocenters. The number of hydrogen-bond donors (Lipinski definition) is 4. The van der Waals surface area contributed by atoms with E-state index in [9.17, 15) is 20.4 Å². The lowest BCUT2D eigenvalue weighted by molar-refractivity contribution is 0.307. The van der Waals surface area contributed by atoms with E-state index >= 15 is 0 Å². The molecule has 0 saturated heterocycles. The van der Waals surface area contributed by atoms with Crippen molar-refractivity contribution in [3.05, 3.63) is 47.5 Å². The number of hydrogen-bond acceptors (Lipinski definition) is 4. The fourth-order valence-corrected chi connectivity index (χ4v) is 3.29. The Morgan fingerprint density at radius 3 is 1.29 bits per heavy atom. The van der Waals surface area contributed by atoms with Crippen molar-refractivity contribution >= 4 is 0 Å². The van der Waals surface area contributed by atoms with E-state index < -0.39 is 0 Å². The maximum absolute atomic E-state index is 9.67. The molecule has 2 aromatic carbocycles. The molecule has 0 spiro atoms. The first kappa shape index (κ1) is 18.0. The van der Waals surface area contributed by atoms with Gasteiger partial charge < -0.3 is 20.4 Å². The van der Waals surface area contributed by atoms with Crippen LogP contribution in [-0.4, -0.2) is 20.4 Å². The molecule has 4 N–H and O–H groups in total. The van der Waals surface area contributed by atoms with E-state index in [0.717, 1.165) is 36.8 Å². The van der Waals surface area contributed by atoms with Crippen molar-refractivity contribution in [2.24, 2.45) is 11.8 Å². The molecule has 4 nitrogen and oxygen atoms in total. The quantitative estimate of drug-likeness (QED) is 0.569. The van der Waals surface area contributed by atoms with Crippen molar-refractivity contribution in [3.63, 3.8) is 0 Å². The maximum Gasteiger partial charge on any atom is 0.157 e. The van der Waals surface area contributed by atoms with Gasteiger partial charge in [-0.3, -0.25) is 0 Å². The first-order valence-electron chi connectivity index (χ1n) is 8.46. The van der Waals surface area contributed by atoms with Crippen LogP contribution in [0.5, 0.6) is 23.0 Å². The molecule has 0 aliphatic rings. The predicted octanol–water partition coefficient (Wildman–Crippen LogP) is 4.35. The Balaban J connectivity index is 2.13. The zero-order chi connectivity index (χ0) is 17.7. The van der Waals surface area contributed by atoms with Gasteiger partial charge in [-0.15, -0.1) is 0 Å². The van der Waals surface area contributed by atoms with Crippen LogP contribution in [0.2, 0.25) is 0 Å². The van der Waals surface area contributed by atoms with Crippen LogP contribution in [0, 0.1) is 11.8 Å². The average Bonchev–Trinajstić information content (AvgIpc) is 2.57. The Morgan fingerprint density at radius 2 is 1.00 bits per heavy atom. The van der Waals surface area contributed by atoms with E-state index in [1.54, 1.807) is 12.1 Å². The minimum absolute atomic E-state index is 0.0844. The van der Waals surface area contributed by atoms with E-state index in [4.69, 9.17) is 0 Å². The van der Waals surface area contributed by atoms with Gasteiger partial charge in [-0.2, -0.15) is 0 Å². The zero-order valence-corrected chi connectivity index (χ0v) is 14.2. The van der Waals surface area contributed by atoms with Crippen LogP contribution in [0.4, 0.5) is 0 Å². The third-order valence-corrected chi connectivity index (χ3v) is 4.79. The van der Waals surface area contributed by atoms with Gasteiger partial charge in [0.15, 0.2) is 23.0 Å². The molecule has 0 saturated carbocycles. The second-order valence-corrected chi connectivity index (χ2v) is 6.39. The van der Waals surface area contributed by atoms with E-state index in [1.165, 1.54) is 12.1 Å². The van der Waals surface area contributed by atoms with Crippen LogP contribution in [0.1, 0.15) is 37.8 Å². The Labute approximate surface area is 143 Å². The molecule has 2 rings (SSSR count). The van der Waals surface area contributed by atoms with Crippen molar-refractivity contribution in [1.29, 1.82) is 0 Å². The summed E-state index contributed by atoms with van der Waals surface area (Å²) in [5.74, 6) is 0.485. The fourth-order valence-electron chi connectivity index (χ4n) is 3.29. The van der Waals surface area contributed by atoms with Crippen molar-refractivity contribution in [1.82, 2.24) is 0 Å². The summed E-state index contributed by atoms with van der Waals surface area (Å²) in [6.07, 6.45) is 3.66. The minimum Gasteiger partial charge on any atom is -0.504 e. The Hall–Kier alpha value is -2.36. The van der Waals surface area contributed by atoms with E-state index in [1.807, 2.05) is 12.1 Å².